The van der Waals surface area contributed by atoms with E-state index < -0.39 is 26.2 Å². The van der Waals surface area contributed by atoms with Gasteiger partial charge in [0.15, 0.2) is 11.4 Å². The average Bonchev–Trinajstić information content (AvgIpc) is 2.77. The SMILES string of the molecule is CCc1cc(-c2ccccc2)cc(CC)[n+]1-c1ccc(S(=O)(=O)N=C(N)N)cc1.[O-][Cl+3]([O-])([O-])[O-]. The molecule has 0 aliphatic carbocycles. The Morgan fingerprint density at radius 1 is 0.853 bits per heavy atom. The number of hydrogen-bond acceptors (Lipinski definition) is 6. The van der Waals surface area contributed by atoms with Crippen LogP contribution in [-0.2, 0) is 22.9 Å². The van der Waals surface area contributed by atoms with Gasteiger partial charge in [-0.25, -0.2) is 18.6 Å². The molecule has 0 amide bonds. The number of nitrogens with two attached hydrogens (primary N) is 2. The van der Waals surface area contributed by atoms with Crippen LogP contribution >= 0.6 is 0 Å². The molecule has 0 spiro atoms. The molecule has 0 atom stereocenters. The summed E-state index contributed by atoms with van der Waals surface area (Å²) in [5.41, 5.74) is 16.0. The minimum absolute atomic E-state index is 0.0484. The van der Waals surface area contributed by atoms with Crippen LogP contribution in [-0.4, -0.2) is 14.4 Å². The van der Waals surface area contributed by atoms with E-state index in [1.165, 1.54) is 23.3 Å². The first-order valence-corrected chi connectivity index (χ1v) is 12.7. The van der Waals surface area contributed by atoms with E-state index in [1.54, 1.807) is 12.1 Å². The van der Waals surface area contributed by atoms with Gasteiger partial charge in [-0.3, -0.25) is 0 Å². The van der Waals surface area contributed by atoms with Crippen LogP contribution in [0.3, 0.4) is 0 Å². The summed E-state index contributed by atoms with van der Waals surface area (Å²) in [6, 6.07) is 21.2. The van der Waals surface area contributed by atoms with Gasteiger partial charge >= 0.3 is 0 Å². The van der Waals surface area contributed by atoms with Gasteiger partial charge in [0, 0.05) is 37.1 Å². The van der Waals surface area contributed by atoms with E-state index in [4.69, 9.17) is 30.1 Å². The number of rotatable bonds is 6. The Hall–Kier alpha value is -3.06. The summed E-state index contributed by atoms with van der Waals surface area (Å²) in [6.45, 7) is 4.22. The van der Waals surface area contributed by atoms with E-state index in [0.29, 0.717) is 0 Å². The normalized spacial score (nSPS) is 11.4. The van der Waals surface area contributed by atoms with Crippen molar-refractivity contribution in [3.8, 4) is 16.8 Å². The number of hydrogen-bond donors (Lipinski definition) is 2. The maximum absolute atomic E-state index is 12.2. The van der Waals surface area contributed by atoms with E-state index in [0.717, 1.165) is 29.9 Å². The highest BCUT2D eigenvalue weighted by molar-refractivity contribution is 7.90. The average molecular weight is 509 g/mol. The van der Waals surface area contributed by atoms with Crippen LogP contribution in [0.15, 0.2) is 76.0 Å². The largest absolute Gasteiger partial charge is 0.369 e. The lowest BCUT2D eigenvalue weighted by molar-refractivity contribution is -2.00. The maximum Gasteiger partial charge on any atom is 0.285 e. The van der Waals surface area contributed by atoms with Crippen LogP contribution < -0.4 is 34.7 Å². The molecule has 3 aromatic rings. The van der Waals surface area contributed by atoms with Crippen LogP contribution in [0.2, 0.25) is 0 Å². The first-order chi connectivity index (χ1) is 15.9. The molecular weight excluding hydrogens is 484 g/mol. The van der Waals surface area contributed by atoms with Gasteiger partial charge in [-0.15, -0.1) is 14.6 Å². The lowest BCUT2D eigenvalue weighted by atomic mass is 10.0. The van der Waals surface area contributed by atoms with Crippen molar-refractivity contribution in [2.45, 2.75) is 31.6 Å². The van der Waals surface area contributed by atoms with Gasteiger partial charge in [0.05, 0.1) is 4.90 Å². The molecule has 3 rings (SSSR count). The Kier molecular flexibility index (Phi) is 9.10. The van der Waals surface area contributed by atoms with E-state index in [2.05, 4.69) is 47.1 Å². The second kappa shape index (κ2) is 11.4. The molecule has 34 heavy (non-hydrogen) atoms. The maximum atomic E-state index is 12.2. The van der Waals surface area contributed by atoms with Crippen molar-refractivity contribution >= 4 is 16.0 Å². The number of pyridine rings is 1. The predicted octanol–water partition coefficient (Wildman–Crippen LogP) is -2.04. The summed E-state index contributed by atoms with van der Waals surface area (Å²) in [5, 5.41) is 0. The Balaban J connectivity index is 0.000000739. The van der Waals surface area contributed by atoms with Crippen molar-refractivity contribution in [3.63, 3.8) is 0 Å². The number of guanidine groups is 1. The van der Waals surface area contributed by atoms with Crippen molar-refractivity contribution in [2.75, 3.05) is 0 Å². The van der Waals surface area contributed by atoms with Crippen molar-refractivity contribution in [3.05, 3.63) is 78.1 Å². The van der Waals surface area contributed by atoms with Gasteiger partial charge in [0.2, 0.25) is 11.6 Å². The summed E-state index contributed by atoms with van der Waals surface area (Å²) >= 11 is 0. The smallest absolute Gasteiger partial charge is 0.285 e. The summed E-state index contributed by atoms with van der Waals surface area (Å²) in [5.74, 6) is -0.485. The van der Waals surface area contributed by atoms with Crippen LogP contribution in [0, 0.1) is 10.2 Å². The van der Waals surface area contributed by atoms with Crippen LogP contribution in [0.5, 0.6) is 0 Å². The van der Waals surface area contributed by atoms with Gasteiger partial charge in [0.25, 0.3) is 10.0 Å². The van der Waals surface area contributed by atoms with E-state index >= 15 is 0 Å². The number of sulfonamides is 1. The number of benzene rings is 2. The summed E-state index contributed by atoms with van der Waals surface area (Å²) in [6.07, 6.45) is 1.67. The zero-order chi connectivity index (χ0) is 25.5. The highest BCUT2D eigenvalue weighted by Gasteiger charge is 2.21. The Labute approximate surface area is 200 Å². The van der Waals surface area contributed by atoms with Gasteiger partial charge in [-0.05, 0) is 23.3 Å². The monoisotopic (exact) mass is 508 g/mol. The third-order valence-electron chi connectivity index (χ3n) is 4.67. The Morgan fingerprint density at radius 3 is 1.74 bits per heavy atom. The van der Waals surface area contributed by atoms with E-state index in [-0.39, 0.29) is 4.90 Å². The second-order valence-corrected chi connectivity index (χ2v) is 9.36. The molecule has 0 fully saturated rings. The molecule has 0 aliphatic heterocycles. The zero-order valence-corrected chi connectivity index (χ0v) is 20.1. The molecule has 0 bridgehead atoms. The summed E-state index contributed by atoms with van der Waals surface area (Å²) < 4.78 is 63.8. The number of aromatic nitrogens is 1. The molecule has 10 nitrogen and oxygen atoms in total. The van der Waals surface area contributed by atoms with E-state index in [9.17, 15) is 8.42 Å². The van der Waals surface area contributed by atoms with Gasteiger partial charge in [0.1, 0.15) is 0 Å². The molecule has 1 heterocycles. The van der Waals surface area contributed by atoms with Crippen LogP contribution in [0.25, 0.3) is 16.8 Å². The zero-order valence-electron chi connectivity index (χ0n) is 18.5. The summed E-state index contributed by atoms with van der Waals surface area (Å²) in [4.78, 5) is 0.0484. The lowest BCUT2D eigenvalue weighted by Gasteiger charge is -2.17. The molecule has 4 N–H and O–H groups in total. The highest BCUT2D eigenvalue weighted by atomic mass is 35.7. The molecular formula is C22H25ClN4O6S. The van der Waals surface area contributed by atoms with Crippen LogP contribution in [0.4, 0.5) is 0 Å². The van der Waals surface area contributed by atoms with Gasteiger partial charge in [-0.2, -0.15) is 13.0 Å². The first-order valence-electron chi connectivity index (χ1n) is 10.1. The molecule has 1 aromatic heterocycles. The first kappa shape index (κ1) is 27.2. The van der Waals surface area contributed by atoms with Crippen LogP contribution in [0.1, 0.15) is 25.2 Å². The molecule has 0 unspecified atom stereocenters. The quantitative estimate of drug-likeness (QED) is 0.216. The molecule has 0 radical (unpaired) electrons. The topological polar surface area (TPSA) is 195 Å². The molecule has 12 heteroatoms. The van der Waals surface area contributed by atoms with Crippen molar-refractivity contribution in [1.82, 2.24) is 0 Å². The van der Waals surface area contributed by atoms with E-state index in [1.807, 2.05) is 18.2 Å². The standard InChI is InChI=1S/C22H25N4O2S.ClHO4/c1-3-18-14-17(16-8-6-5-7-9-16)15-19(4-2)26(18)20-10-12-21(13-11-20)29(27,28)25-22(23)24;2-1(3,4)5/h5-15H,3-4H2,1-2H3,(H4,23,24,25);(H,2,3,4,5)/q+1;/p-1. The Bertz CT molecular complexity index is 1210. The second-order valence-electron chi connectivity index (χ2n) is 7.00. The van der Waals surface area contributed by atoms with Crippen molar-refractivity contribution in [1.29, 1.82) is 0 Å². The van der Waals surface area contributed by atoms with Gasteiger partial charge < -0.3 is 11.5 Å². The fourth-order valence-corrected chi connectivity index (χ4v) is 4.19. The molecule has 2 aromatic carbocycles. The summed E-state index contributed by atoms with van der Waals surface area (Å²) in [7, 11) is -8.85. The minimum atomic E-state index is -4.94. The van der Waals surface area contributed by atoms with Gasteiger partial charge in [-0.1, -0.05) is 44.2 Å². The third-order valence-corrected chi connectivity index (χ3v) is 5.99. The number of halogens is 1. The van der Waals surface area contributed by atoms with Crippen molar-refractivity contribution < 1.29 is 41.9 Å². The predicted molar refractivity (Wildman–Crippen MR) is 115 cm³/mol. The third kappa shape index (κ3) is 7.76. The number of nitrogens with zero attached hydrogens (tertiary/aromatic N) is 2. The molecule has 0 saturated heterocycles. The fourth-order valence-electron chi connectivity index (χ4n) is 3.32. The highest BCUT2D eigenvalue weighted by Crippen LogP contribution is 2.22. The number of aryl methyl sites for hydroxylation is 2. The molecule has 0 saturated carbocycles. The lowest BCUT2D eigenvalue weighted by Crippen LogP contribution is -2.68. The van der Waals surface area contributed by atoms with Crippen molar-refractivity contribution in [2.24, 2.45) is 15.9 Å². The molecule has 0 aliphatic rings. The fraction of sp³-hybridized carbons (Fsp3) is 0.182. The minimum Gasteiger partial charge on any atom is -0.369 e. The molecule has 182 valence electrons. The Morgan fingerprint density at radius 2 is 1.32 bits per heavy atom.